The number of rotatable bonds is 6. The van der Waals surface area contributed by atoms with Crippen LogP contribution in [-0.4, -0.2) is 30.7 Å². The highest BCUT2D eigenvalue weighted by molar-refractivity contribution is 7.91. The van der Waals surface area contributed by atoms with E-state index in [4.69, 9.17) is 0 Å². The molecule has 1 aromatic rings. The molecular formula is C11H20N2O3S2. The lowest BCUT2D eigenvalue weighted by Crippen LogP contribution is -2.41. The van der Waals surface area contributed by atoms with Gasteiger partial charge >= 0.3 is 0 Å². The van der Waals surface area contributed by atoms with E-state index >= 15 is 0 Å². The zero-order chi connectivity index (χ0) is 14.0. The SMILES string of the molecule is Cc1ncc(S(=O)(=O)NCC(C)(O)CC(C)C)s1. The second-order valence-electron chi connectivity index (χ2n) is 5.12. The fourth-order valence-electron chi connectivity index (χ4n) is 1.74. The maximum absolute atomic E-state index is 11.9. The first-order valence-corrected chi connectivity index (χ1v) is 8.07. The molecule has 0 saturated carbocycles. The number of thiazole rings is 1. The van der Waals surface area contributed by atoms with Gasteiger partial charge in [0.15, 0.2) is 4.21 Å². The van der Waals surface area contributed by atoms with Gasteiger partial charge in [0, 0.05) is 6.54 Å². The first-order chi connectivity index (χ1) is 8.12. The van der Waals surface area contributed by atoms with Crippen LogP contribution in [-0.2, 0) is 10.0 Å². The van der Waals surface area contributed by atoms with Gasteiger partial charge < -0.3 is 5.11 Å². The predicted octanol–water partition coefficient (Wildman–Crippen LogP) is 1.53. The molecule has 0 radical (unpaired) electrons. The second kappa shape index (κ2) is 5.64. The summed E-state index contributed by atoms with van der Waals surface area (Å²) < 4.78 is 26.5. The lowest BCUT2D eigenvalue weighted by atomic mass is 9.95. The Kier molecular flexibility index (Phi) is 4.88. The number of hydrogen-bond acceptors (Lipinski definition) is 5. The topological polar surface area (TPSA) is 79.3 Å². The Balaban J connectivity index is 2.68. The summed E-state index contributed by atoms with van der Waals surface area (Å²) in [6.07, 6.45) is 1.87. The molecule has 1 atom stereocenters. The molecule has 1 aromatic heterocycles. The van der Waals surface area contributed by atoms with Gasteiger partial charge in [0.1, 0.15) is 0 Å². The van der Waals surface area contributed by atoms with Crippen LogP contribution in [0.4, 0.5) is 0 Å². The number of aryl methyl sites for hydroxylation is 1. The average molecular weight is 292 g/mol. The van der Waals surface area contributed by atoms with E-state index in [1.54, 1.807) is 13.8 Å². The summed E-state index contributed by atoms with van der Waals surface area (Å²) in [7, 11) is -3.56. The fraction of sp³-hybridized carbons (Fsp3) is 0.727. The van der Waals surface area contributed by atoms with Gasteiger partial charge in [0.25, 0.3) is 10.0 Å². The van der Waals surface area contributed by atoms with E-state index in [0.29, 0.717) is 17.3 Å². The zero-order valence-electron chi connectivity index (χ0n) is 11.1. The summed E-state index contributed by atoms with van der Waals surface area (Å²) in [5.74, 6) is 0.301. The molecule has 104 valence electrons. The minimum absolute atomic E-state index is 0.00443. The second-order valence-corrected chi connectivity index (χ2v) is 8.35. The van der Waals surface area contributed by atoms with Crippen LogP contribution in [0, 0.1) is 12.8 Å². The normalized spacial score (nSPS) is 15.9. The van der Waals surface area contributed by atoms with Crippen LogP contribution < -0.4 is 4.72 Å². The molecule has 0 spiro atoms. The molecule has 1 rings (SSSR count). The van der Waals surface area contributed by atoms with Crippen LogP contribution in [0.1, 0.15) is 32.2 Å². The molecule has 5 nitrogen and oxygen atoms in total. The predicted molar refractivity (Wildman–Crippen MR) is 72.1 cm³/mol. The maximum Gasteiger partial charge on any atom is 0.251 e. The molecule has 0 fully saturated rings. The molecule has 18 heavy (non-hydrogen) atoms. The lowest BCUT2D eigenvalue weighted by Gasteiger charge is -2.25. The van der Waals surface area contributed by atoms with Crippen LogP contribution >= 0.6 is 11.3 Å². The molecule has 0 aliphatic carbocycles. The monoisotopic (exact) mass is 292 g/mol. The molecule has 0 aliphatic rings. The van der Waals surface area contributed by atoms with Crippen LogP contribution in [0.2, 0.25) is 0 Å². The lowest BCUT2D eigenvalue weighted by molar-refractivity contribution is 0.0437. The van der Waals surface area contributed by atoms with Crippen molar-refractivity contribution in [1.82, 2.24) is 9.71 Å². The van der Waals surface area contributed by atoms with Gasteiger partial charge in [-0.25, -0.2) is 18.1 Å². The Labute approximate surface area is 112 Å². The van der Waals surface area contributed by atoms with E-state index in [-0.39, 0.29) is 10.8 Å². The number of aromatic nitrogens is 1. The number of hydrogen-bond donors (Lipinski definition) is 2. The van der Waals surface area contributed by atoms with Crippen LogP contribution in [0.25, 0.3) is 0 Å². The van der Waals surface area contributed by atoms with Crippen molar-refractivity contribution in [2.24, 2.45) is 5.92 Å². The Morgan fingerprint density at radius 1 is 1.56 bits per heavy atom. The number of nitrogens with one attached hydrogen (secondary N) is 1. The highest BCUT2D eigenvalue weighted by atomic mass is 32.2. The van der Waals surface area contributed by atoms with Gasteiger partial charge in [0.2, 0.25) is 0 Å². The Morgan fingerprint density at radius 2 is 2.17 bits per heavy atom. The quantitative estimate of drug-likeness (QED) is 0.833. The smallest absolute Gasteiger partial charge is 0.251 e. The summed E-state index contributed by atoms with van der Waals surface area (Å²) in [5.41, 5.74) is -1.04. The molecule has 0 aliphatic heterocycles. The summed E-state index contributed by atoms with van der Waals surface area (Å²) >= 11 is 1.12. The van der Waals surface area contributed by atoms with Crippen molar-refractivity contribution in [2.75, 3.05) is 6.54 Å². The molecule has 0 bridgehead atoms. The van der Waals surface area contributed by atoms with Crippen LogP contribution in [0.15, 0.2) is 10.4 Å². The Morgan fingerprint density at radius 3 is 2.61 bits per heavy atom. The summed E-state index contributed by atoms with van der Waals surface area (Å²) in [4.78, 5) is 3.91. The maximum atomic E-state index is 11.9. The van der Waals surface area contributed by atoms with Gasteiger partial charge in [-0.1, -0.05) is 13.8 Å². The van der Waals surface area contributed by atoms with E-state index < -0.39 is 15.6 Å². The summed E-state index contributed by atoms with van der Waals surface area (Å²) in [6, 6.07) is 0. The van der Waals surface area contributed by atoms with E-state index in [0.717, 1.165) is 11.3 Å². The minimum Gasteiger partial charge on any atom is -0.389 e. The minimum atomic E-state index is -3.56. The van der Waals surface area contributed by atoms with Crippen LogP contribution in [0.3, 0.4) is 0 Å². The Bertz CT molecular complexity index is 492. The van der Waals surface area contributed by atoms with Crippen molar-refractivity contribution >= 4 is 21.4 Å². The first kappa shape index (κ1) is 15.6. The molecule has 2 N–H and O–H groups in total. The van der Waals surface area contributed by atoms with Gasteiger partial charge in [-0.3, -0.25) is 0 Å². The number of aliphatic hydroxyl groups is 1. The number of nitrogens with zero attached hydrogens (tertiary/aromatic N) is 1. The third-order valence-corrected chi connectivity index (χ3v) is 5.13. The number of sulfonamides is 1. The van der Waals surface area contributed by atoms with E-state index in [9.17, 15) is 13.5 Å². The molecule has 0 aromatic carbocycles. The van der Waals surface area contributed by atoms with Gasteiger partial charge in [0.05, 0.1) is 16.8 Å². The van der Waals surface area contributed by atoms with Crippen LogP contribution in [0.5, 0.6) is 0 Å². The van der Waals surface area contributed by atoms with E-state index in [2.05, 4.69) is 9.71 Å². The van der Waals surface area contributed by atoms with Gasteiger partial charge in [-0.2, -0.15) is 0 Å². The highest BCUT2D eigenvalue weighted by Gasteiger charge is 2.26. The molecular weight excluding hydrogens is 272 g/mol. The largest absolute Gasteiger partial charge is 0.389 e. The molecule has 1 heterocycles. The van der Waals surface area contributed by atoms with E-state index in [1.807, 2.05) is 13.8 Å². The summed E-state index contributed by atoms with van der Waals surface area (Å²) in [6.45, 7) is 7.35. The first-order valence-electron chi connectivity index (χ1n) is 5.77. The van der Waals surface area contributed by atoms with Gasteiger partial charge in [-0.05, 0) is 26.2 Å². The van der Waals surface area contributed by atoms with Gasteiger partial charge in [-0.15, -0.1) is 11.3 Å². The zero-order valence-corrected chi connectivity index (χ0v) is 12.7. The molecule has 0 amide bonds. The Hall–Kier alpha value is -0.500. The molecule has 7 heteroatoms. The molecule has 1 unspecified atom stereocenters. The molecule has 0 saturated heterocycles. The van der Waals surface area contributed by atoms with Crippen molar-refractivity contribution in [3.63, 3.8) is 0 Å². The van der Waals surface area contributed by atoms with Crippen molar-refractivity contribution < 1.29 is 13.5 Å². The van der Waals surface area contributed by atoms with Crippen molar-refractivity contribution in [1.29, 1.82) is 0 Å². The average Bonchev–Trinajstić information content (AvgIpc) is 2.61. The highest BCUT2D eigenvalue weighted by Crippen LogP contribution is 2.19. The summed E-state index contributed by atoms with van der Waals surface area (Å²) in [5, 5.41) is 10.8. The van der Waals surface area contributed by atoms with E-state index in [1.165, 1.54) is 6.20 Å². The fourth-order valence-corrected chi connectivity index (χ4v) is 4.05. The third-order valence-electron chi connectivity index (χ3n) is 2.36. The van der Waals surface area contributed by atoms with Crippen molar-refractivity contribution in [3.05, 3.63) is 11.2 Å². The standard InChI is InChI=1S/C11H20N2O3S2/c1-8(2)5-11(4,14)7-13-18(15,16)10-6-12-9(3)17-10/h6,8,13-14H,5,7H2,1-4H3. The van der Waals surface area contributed by atoms with Crippen molar-refractivity contribution in [3.8, 4) is 0 Å². The van der Waals surface area contributed by atoms with Crippen molar-refractivity contribution in [2.45, 2.75) is 43.9 Å². The third kappa shape index (κ3) is 4.64.